The highest BCUT2D eigenvalue weighted by Crippen LogP contribution is 2.25. The summed E-state index contributed by atoms with van der Waals surface area (Å²) in [5, 5.41) is 0. The van der Waals surface area contributed by atoms with Gasteiger partial charge in [0.05, 0.1) is 16.3 Å². The predicted molar refractivity (Wildman–Crippen MR) is 78.3 cm³/mol. The van der Waals surface area contributed by atoms with E-state index in [1.807, 2.05) is 0 Å². The highest BCUT2D eigenvalue weighted by Gasteiger charge is 2.18. The lowest BCUT2D eigenvalue weighted by atomic mass is 10.2. The van der Waals surface area contributed by atoms with E-state index in [9.17, 15) is 12.8 Å². The van der Waals surface area contributed by atoms with E-state index in [1.54, 1.807) is 12.1 Å². The van der Waals surface area contributed by atoms with E-state index in [0.717, 1.165) is 6.07 Å². The number of benzene rings is 1. The van der Waals surface area contributed by atoms with Crippen LogP contribution in [0.1, 0.15) is 5.56 Å². The van der Waals surface area contributed by atoms with Crippen molar-refractivity contribution in [3.05, 3.63) is 46.4 Å². The van der Waals surface area contributed by atoms with Crippen molar-refractivity contribution in [2.45, 2.75) is 11.8 Å². The first kappa shape index (κ1) is 14.7. The second-order valence-corrected chi connectivity index (χ2v) is 6.52. The first-order valence-electron chi connectivity index (χ1n) is 5.50. The molecule has 0 saturated heterocycles. The van der Waals surface area contributed by atoms with Crippen molar-refractivity contribution >= 4 is 37.3 Å². The molecule has 5 nitrogen and oxygen atoms in total. The van der Waals surface area contributed by atoms with E-state index in [1.165, 1.54) is 19.2 Å². The molecule has 20 heavy (non-hydrogen) atoms. The van der Waals surface area contributed by atoms with Gasteiger partial charge in [0.1, 0.15) is 10.4 Å². The molecule has 0 fully saturated rings. The predicted octanol–water partition coefficient (Wildman–Crippen LogP) is 2.67. The number of aryl methyl sites for hydroxylation is 1. The highest BCUT2D eigenvalue weighted by atomic mass is 79.9. The van der Waals surface area contributed by atoms with Crippen LogP contribution in [0, 0.1) is 12.7 Å². The average molecular weight is 360 g/mol. The number of halogens is 2. The molecule has 0 aliphatic heterocycles. The summed E-state index contributed by atoms with van der Waals surface area (Å²) in [5.74, 6) is -0.619. The van der Waals surface area contributed by atoms with Crippen LogP contribution < -0.4 is 10.5 Å². The molecule has 0 atom stereocenters. The van der Waals surface area contributed by atoms with Crippen LogP contribution in [-0.2, 0) is 10.0 Å². The van der Waals surface area contributed by atoms with Gasteiger partial charge < -0.3 is 5.73 Å². The van der Waals surface area contributed by atoms with Crippen molar-refractivity contribution in [1.82, 2.24) is 4.98 Å². The Labute approximate surface area is 124 Å². The zero-order chi connectivity index (χ0) is 14.9. The van der Waals surface area contributed by atoms with Crippen molar-refractivity contribution in [3.8, 4) is 0 Å². The zero-order valence-corrected chi connectivity index (χ0v) is 12.8. The molecule has 0 bridgehead atoms. The Balaban J connectivity index is 2.44. The number of nitrogens with zero attached hydrogens (tertiary/aromatic N) is 1. The molecule has 8 heteroatoms. The fourth-order valence-electron chi connectivity index (χ4n) is 1.58. The van der Waals surface area contributed by atoms with Crippen molar-refractivity contribution < 1.29 is 12.8 Å². The standard InChI is InChI=1S/C12H11BrFN3O2S/c1-7-5-8(6-9(15)11(7)14)20(18,19)17-10-3-2-4-16-12(10)13/h2-6,17H,15H2,1H3. The van der Waals surface area contributed by atoms with Gasteiger partial charge >= 0.3 is 0 Å². The summed E-state index contributed by atoms with van der Waals surface area (Å²) < 4.78 is 40.6. The van der Waals surface area contributed by atoms with E-state index in [2.05, 4.69) is 25.6 Å². The number of pyridine rings is 1. The number of hydrogen-bond acceptors (Lipinski definition) is 4. The Morgan fingerprint density at radius 3 is 2.70 bits per heavy atom. The minimum absolute atomic E-state index is 0.107. The Kier molecular flexibility index (Phi) is 3.96. The average Bonchev–Trinajstić information content (AvgIpc) is 2.38. The molecule has 1 aromatic heterocycles. The molecule has 0 radical (unpaired) electrons. The third-order valence-corrected chi connectivity index (χ3v) is 4.55. The lowest BCUT2D eigenvalue weighted by molar-refractivity contribution is 0.599. The number of aromatic nitrogens is 1. The molecule has 0 spiro atoms. The number of nitrogen functional groups attached to an aromatic ring is 1. The summed E-state index contributed by atoms with van der Waals surface area (Å²) in [6.45, 7) is 1.45. The molecule has 2 rings (SSSR count). The first-order valence-corrected chi connectivity index (χ1v) is 7.78. The van der Waals surface area contributed by atoms with Gasteiger partial charge in [0.25, 0.3) is 10.0 Å². The van der Waals surface area contributed by atoms with Crippen LogP contribution >= 0.6 is 15.9 Å². The smallest absolute Gasteiger partial charge is 0.262 e. The fraction of sp³-hybridized carbons (Fsp3) is 0.0833. The third-order valence-electron chi connectivity index (χ3n) is 2.57. The van der Waals surface area contributed by atoms with E-state index >= 15 is 0 Å². The Hall–Kier alpha value is -1.67. The molecule has 0 aliphatic rings. The molecule has 1 heterocycles. The summed E-state index contributed by atoms with van der Waals surface area (Å²) in [7, 11) is -3.86. The van der Waals surface area contributed by atoms with Gasteiger partial charge in [-0.05, 0) is 52.7 Å². The minimum atomic E-state index is -3.86. The lowest BCUT2D eigenvalue weighted by Gasteiger charge is -2.11. The van der Waals surface area contributed by atoms with Gasteiger partial charge in [0.15, 0.2) is 0 Å². The number of anilines is 2. The largest absolute Gasteiger partial charge is 0.396 e. The van der Waals surface area contributed by atoms with Crippen LogP contribution in [0.4, 0.5) is 15.8 Å². The summed E-state index contributed by atoms with van der Waals surface area (Å²) in [6, 6.07) is 5.44. The van der Waals surface area contributed by atoms with Crippen molar-refractivity contribution in [1.29, 1.82) is 0 Å². The minimum Gasteiger partial charge on any atom is -0.396 e. The monoisotopic (exact) mass is 359 g/mol. The maximum absolute atomic E-state index is 13.4. The summed E-state index contributed by atoms with van der Waals surface area (Å²) in [6.07, 6.45) is 1.52. The number of nitrogens with one attached hydrogen (secondary N) is 1. The van der Waals surface area contributed by atoms with Crippen LogP contribution in [-0.4, -0.2) is 13.4 Å². The molecule has 2 aromatic rings. The van der Waals surface area contributed by atoms with Crippen molar-refractivity contribution in [2.24, 2.45) is 0 Å². The van der Waals surface area contributed by atoms with Gasteiger partial charge in [-0.3, -0.25) is 4.72 Å². The summed E-state index contributed by atoms with van der Waals surface area (Å²) in [5.41, 5.74) is 5.69. The second-order valence-electron chi connectivity index (χ2n) is 4.09. The molecule has 3 N–H and O–H groups in total. The summed E-state index contributed by atoms with van der Waals surface area (Å²) in [4.78, 5) is 3.80. The lowest BCUT2D eigenvalue weighted by Crippen LogP contribution is -2.14. The maximum Gasteiger partial charge on any atom is 0.262 e. The number of sulfonamides is 1. The third kappa shape index (κ3) is 2.91. The first-order chi connectivity index (χ1) is 9.31. The molecule has 0 amide bonds. The molecular formula is C12H11BrFN3O2S. The Bertz CT molecular complexity index is 742. The van der Waals surface area contributed by atoms with Gasteiger partial charge in [-0.15, -0.1) is 0 Å². The number of nitrogens with two attached hydrogens (primary N) is 1. The number of hydrogen-bond donors (Lipinski definition) is 2. The fourth-order valence-corrected chi connectivity index (χ4v) is 3.25. The molecular weight excluding hydrogens is 349 g/mol. The van der Waals surface area contributed by atoms with Crippen LogP contribution in [0.2, 0.25) is 0 Å². The van der Waals surface area contributed by atoms with Crippen molar-refractivity contribution in [2.75, 3.05) is 10.5 Å². The Morgan fingerprint density at radius 1 is 1.40 bits per heavy atom. The van der Waals surface area contributed by atoms with E-state index in [-0.39, 0.29) is 21.8 Å². The molecule has 0 unspecified atom stereocenters. The summed E-state index contributed by atoms with van der Waals surface area (Å²) >= 11 is 3.14. The van der Waals surface area contributed by atoms with E-state index in [0.29, 0.717) is 4.60 Å². The molecule has 0 aliphatic carbocycles. The van der Waals surface area contributed by atoms with Gasteiger partial charge in [-0.1, -0.05) is 0 Å². The van der Waals surface area contributed by atoms with Crippen LogP contribution in [0.15, 0.2) is 40.0 Å². The second kappa shape index (κ2) is 5.37. The topological polar surface area (TPSA) is 85.1 Å². The van der Waals surface area contributed by atoms with Crippen LogP contribution in [0.5, 0.6) is 0 Å². The highest BCUT2D eigenvalue weighted by molar-refractivity contribution is 9.10. The van der Waals surface area contributed by atoms with E-state index < -0.39 is 15.8 Å². The normalized spacial score (nSPS) is 11.3. The maximum atomic E-state index is 13.4. The number of rotatable bonds is 3. The SMILES string of the molecule is Cc1cc(S(=O)(=O)Nc2cccnc2Br)cc(N)c1F. The van der Waals surface area contributed by atoms with Crippen LogP contribution in [0.3, 0.4) is 0 Å². The molecule has 106 valence electrons. The quantitative estimate of drug-likeness (QED) is 0.651. The van der Waals surface area contributed by atoms with E-state index in [4.69, 9.17) is 5.73 Å². The van der Waals surface area contributed by atoms with Gasteiger partial charge in [-0.25, -0.2) is 17.8 Å². The van der Waals surface area contributed by atoms with Gasteiger partial charge in [0.2, 0.25) is 0 Å². The zero-order valence-electron chi connectivity index (χ0n) is 10.4. The molecule has 1 aromatic carbocycles. The van der Waals surface area contributed by atoms with Gasteiger partial charge in [0, 0.05) is 6.20 Å². The van der Waals surface area contributed by atoms with Gasteiger partial charge in [-0.2, -0.15) is 0 Å². The Morgan fingerprint density at radius 2 is 2.10 bits per heavy atom. The molecule has 0 saturated carbocycles. The van der Waals surface area contributed by atoms with Crippen molar-refractivity contribution in [3.63, 3.8) is 0 Å². The van der Waals surface area contributed by atoms with Crippen LogP contribution in [0.25, 0.3) is 0 Å².